The van der Waals surface area contributed by atoms with Gasteiger partial charge in [-0.05, 0) is 36.6 Å². The van der Waals surface area contributed by atoms with Crippen LogP contribution < -0.4 is 11.1 Å². The van der Waals surface area contributed by atoms with Gasteiger partial charge in [0, 0.05) is 12.1 Å². The molecular weight excluding hydrogens is 244 g/mol. The molecule has 1 rings (SSSR count). The van der Waals surface area contributed by atoms with Crippen LogP contribution in [0.15, 0.2) is 18.2 Å². The van der Waals surface area contributed by atoms with Crippen LogP contribution in [-0.2, 0) is 0 Å². The number of nitrogens with two attached hydrogens (primary N) is 1. The first-order valence-corrected chi connectivity index (χ1v) is 6.74. The minimum Gasteiger partial charge on any atom is -0.384 e. The molecule has 0 bridgehead atoms. The number of anilines is 1. The molecule has 0 heterocycles. The van der Waals surface area contributed by atoms with E-state index < -0.39 is 5.91 Å². The number of nitrogens with one attached hydrogen (secondary N) is 1. The lowest BCUT2D eigenvalue weighted by Gasteiger charge is -2.08. The maximum atomic E-state index is 11.0. The summed E-state index contributed by atoms with van der Waals surface area (Å²) in [5.41, 5.74) is 6.43. The largest absolute Gasteiger partial charge is 0.384 e. The molecule has 0 saturated heterocycles. The summed E-state index contributed by atoms with van der Waals surface area (Å²) in [5.74, 6) is 0.656. The van der Waals surface area contributed by atoms with E-state index in [4.69, 9.17) is 17.3 Å². The molecule has 0 unspecified atom stereocenters. The predicted molar refractivity (Wildman–Crippen MR) is 71.5 cm³/mol. The fourth-order valence-electron chi connectivity index (χ4n) is 1.25. The van der Waals surface area contributed by atoms with E-state index in [1.54, 1.807) is 30.0 Å². The minimum atomic E-state index is -0.441. The molecule has 0 aromatic heterocycles. The van der Waals surface area contributed by atoms with Gasteiger partial charge < -0.3 is 11.1 Å². The standard InChI is InChI=1S/C11H15ClN2OS/c1-16-6-2-5-14-10-7-8(11(13)15)3-4-9(10)12/h3-4,7,14H,2,5-6H2,1H3,(H2,13,15). The zero-order valence-electron chi connectivity index (χ0n) is 9.13. The van der Waals surface area contributed by atoms with E-state index in [1.165, 1.54) is 0 Å². The van der Waals surface area contributed by atoms with Crippen LogP contribution in [-0.4, -0.2) is 24.5 Å². The second-order valence-corrected chi connectivity index (χ2v) is 4.72. The fraction of sp³-hybridized carbons (Fsp3) is 0.364. The quantitative estimate of drug-likeness (QED) is 0.772. The highest BCUT2D eigenvalue weighted by Gasteiger charge is 2.05. The van der Waals surface area contributed by atoms with Crippen molar-refractivity contribution < 1.29 is 4.79 Å². The van der Waals surface area contributed by atoms with Crippen LogP contribution in [0.4, 0.5) is 5.69 Å². The molecule has 0 atom stereocenters. The van der Waals surface area contributed by atoms with Gasteiger partial charge in [0.05, 0.1) is 10.7 Å². The third kappa shape index (κ3) is 3.94. The lowest BCUT2D eigenvalue weighted by Crippen LogP contribution is -2.11. The first-order valence-electron chi connectivity index (χ1n) is 4.97. The summed E-state index contributed by atoms with van der Waals surface area (Å²) < 4.78 is 0. The highest BCUT2D eigenvalue weighted by atomic mass is 35.5. The molecule has 0 saturated carbocycles. The van der Waals surface area contributed by atoms with E-state index in [-0.39, 0.29) is 0 Å². The van der Waals surface area contributed by atoms with E-state index in [1.807, 2.05) is 0 Å². The average Bonchev–Trinajstić information content (AvgIpc) is 2.26. The maximum absolute atomic E-state index is 11.0. The SMILES string of the molecule is CSCCCNc1cc(C(N)=O)ccc1Cl. The smallest absolute Gasteiger partial charge is 0.248 e. The van der Waals surface area contributed by atoms with Crippen LogP contribution in [0, 0.1) is 0 Å². The van der Waals surface area contributed by atoms with Gasteiger partial charge >= 0.3 is 0 Å². The van der Waals surface area contributed by atoms with Crippen molar-refractivity contribution in [2.45, 2.75) is 6.42 Å². The van der Waals surface area contributed by atoms with E-state index >= 15 is 0 Å². The van der Waals surface area contributed by atoms with Gasteiger partial charge in [-0.25, -0.2) is 0 Å². The van der Waals surface area contributed by atoms with E-state index in [0.717, 1.165) is 24.4 Å². The molecule has 0 aliphatic heterocycles. The number of carbonyl (C=O) groups excluding carboxylic acids is 1. The van der Waals surface area contributed by atoms with Crippen molar-refractivity contribution in [1.82, 2.24) is 0 Å². The Morgan fingerprint density at radius 2 is 2.31 bits per heavy atom. The third-order valence-electron chi connectivity index (χ3n) is 2.09. The molecule has 1 aromatic rings. The molecule has 0 aliphatic carbocycles. The molecule has 5 heteroatoms. The number of hydrogen-bond acceptors (Lipinski definition) is 3. The van der Waals surface area contributed by atoms with E-state index in [2.05, 4.69) is 11.6 Å². The molecule has 0 fully saturated rings. The zero-order valence-corrected chi connectivity index (χ0v) is 10.7. The van der Waals surface area contributed by atoms with Gasteiger partial charge in [0.25, 0.3) is 0 Å². The summed E-state index contributed by atoms with van der Waals surface area (Å²) in [6.07, 6.45) is 3.12. The molecule has 3 N–H and O–H groups in total. The monoisotopic (exact) mass is 258 g/mol. The number of hydrogen-bond donors (Lipinski definition) is 2. The number of rotatable bonds is 6. The summed E-state index contributed by atoms with van der Waals surface area (Å²) in [7, 11) is 0. The highest BCUT2D eigenvalue weighted by Crippen LogP contribution is 2.22. The molecule has 0 aliphatic rings. The number of primary amides is 1. The molecule has 16 heavy (non-hydrogen) atoms. The second-order valence-electron chi connectivity index (χ2n) is 3.33. The molecule has 1 amide bonds. The van der Waals surface area contributed by atoms with Crippen LogP contribution in [0.5, 0.6) is 0 Å². The van der Waals surface area contributed by atoms with Crippen LogP contribution in [0.25, 0.3) is 0 Å². The van der Waals surface area contributed by atoms with Gasteiger partial charge in [-0.3, -0.25) is 4.79 Å². The summed E-state index contributed by atoms with van der Waals surface area (Å²) in [6.45, 7) is 0.836. The van der Waals surface area contributed by atoms with Gasteiger partial charge in [0.2, 0.25) is 5.91 Å². The van der Waals surface area contributed by atoms with Crippen LogP contribution in [0.1, 0.15) is 16.8 Å². The Labute approximate surface area is 105 Å². The molecule has 88 valence electrons. The average molecular weight is 259 g/mol. The second kappa shape index (κ2) is 6.66. The lowest BCUT2D eigenvalue weighted by atomic mass is 10.2. The van der Waals surface area contributed by atoms with Gasteiger partial charge in [0.15, 0.2) is 0 Å². The van der Waals surface area contributed by atoms with Gasteiger partial charge in [-0.1, -0.05) is 11.6 Å². The normalized spacial score (nSPS) is 10.1. The van der Waals surface area contributed by atoms with Gasteiger partial charge in [0.1, 0.15) is 0 Å². The Balaban J connectivity index is 2.63. The third-order valence-corrected chi connectivity index (χ3v) is 3.12. The Morgan fingerprint density at radius 1 is 1.56 bits per heavy atom. The molecule has 0 radical (unpaired) electrons. The molecule has 3 nitrogen and oxygen atoms in total. The minimum absolute atomic E-state index is 0.441. The van der Waals surface area contributed by atoms with Crippen molar-refractivity contribution in [3.63, 3.8) is 0 Å². The topological polar surface area (TPSA) is 55.1 Å². The predicted octanol–water partition coefficient (Wildman–Crippen LogP) is 2.60. The van der Waals surface area contributed by atoms with Crippen molar-refractivity contribution in [1.29, 1.82) is 0 Å². The van der Waals surface area contributed by atoms with Crippen molar-refractivity contribution in [2.75, 3.05) is 23.9 Å². The fourth-order valence-corrected chi connectivity index (χ4v) is 1.87. The molecule has 0 spiro atoms. The summed E-state index contributed by atoms with van der Waals surface area (Å²) in [6, 6.07) is 4.99. The summed E-state index contributed by atoms with van der Waals surface area (Å²) in [4.78, 5) is 11.0. The maximum Gasteiger partial charge on any atom is 0.248 e. The zero-order chi connectivity index (χ0) is 12.0. The van der Waals surface area contributed by atoms with Crippen LogP contribution >= 0.6 is 23.4 Å². The number of amides is 1. The van der Waals surface area contributed by atoms with E-state index in [0.29, 0.717) is 10.6 Å². The number of carbonyl (C=O) groups is 1. The Hall–Kier alpha value is -0.870. The number of thioether (sulfide) groups is 1. The lowest BCUT2D eigenvalue weighted by molar-refractivity contribution is 0.100. The van der Waals surface area contributed by atoms with Crippen LogP contribution in [0.3, 0.4) is 0 Å². The first kappa shape index (κ1) is 13.2. The summed E-state index contributed by atoms with van der Waals surface area (Å²) >= 11 is 7.80. The molecule has 1 aromatic carbocycles. The van der Waals surface area contributed by atoms with E-state index in [9.17, 15) is 4.79 Å². The molecular formula is C11H15ClN2OS. The number of benzene rings is 1. The summed E-state index contributed by atoms with van der Waals surface area (Å²) in [5, 5.41) is 3.80. The van der Waals surface area contributed by atoms with Crippen LogP contribution in [0.2, 0.25) is 5.02 Å². The first-order chi connectivity index (χ1) is 7.65. The van der Waals surface area contributed by atoms with Crippen molar-refractivity contribution in [2.24, 2.45) is 5.73 Å². The van der Waals surface area contributed by atoms with Gasteiger partial charge in [-0.15, -0.1) is 0 Å². The highest BCUT2D eigenvalue weighted by molar-refractivity contribution is 7.98. The number of halogens is 1. The van der Waals surface area contributed by atoms with Gasteiger partial charge in [-0.2, -0.15) is 11.8 Å². The van der Waals surface area contributed by atoms with Crippen molar-refractivity contribution in [3.8, 4) is 0 Å². The Morgan fingerprint density at radius 3 is 2.94 bits per heavy atom. The van der Waals surface area contributed by atoms with Crippen molar-refractivity contribution in [3.05, 3.63) is 28.8 Å². The Bertz CT molecular complexity index is 371. The Kier molecular flexibility index (Phi) is 5.49. The van der Waals surface area contributed by atoms with Crippen molar-refractivity contribution >= 4 is 35.0 Å².